The van der Waals surface area contributed by atoms with Crippen molar-refractivity contribution in [3.63, 3.8) is 0 Å². The first-order valence-corrected chi connectivity index (χ1v) is 12.3. The third kappa shape index (κ3) is 9.33. The zero-order chi connectivity index (χ0) is 21.9. The van der Waals surface area contributed by atoms with Crippen LogP contribution in [-0.2, 0) is 11.3 Å². The summed E-state index contributed by atoms with van der Waals surface area (Å²) in [6.45, 7) is 10.0. The van der Waals surface area contributed by atoms with E-state index < -0.39 is 0 Å². The van der Waals surface area contributed by atoms with Crippen LogP contribution in [0.25, 0.3) is 0 Å². The second-order valence-electron chi connectivity index (χ2n) is 8.23. The normalized spacial score (nSPS) is 16.4. The summed E-state index contributed by atoms with van der Waals surface area (Å²) >= 11 is 1.74. The molecule has 1 aliphatic heterocycles. The Bertz CT molecular complexity index is 793. The number of aliphatic imine (C=N–C) groups is 1. The number of nitrogens with one attached hydrogen (secondary N) is 2. The summed E-state index contributed by atoms with van der Waals surface area (Å²) in [7, 11) is 1.84. The maximum absolute atomic E-state index is 5.94. The van der Waals surface area contributed by atoms with Gasteiger partial charge < -0.3 is 15.4 Å². The molecule has 0 saturated carbocycles. The zero-order valence-corrected chi connectivity index (χ0v) is 22.7. The second kappa shape index (κ2) is 14.8. The van der Waals surface area contributed by atoms with Crippen LogP contribution in [0.4, 0.5) is 0 Å². The minimum Gasteiger partial charge on any atom is -0.374 e. The van der Waals surface area contributed by atoms with Crippen molar-refractivity contribution in [1.82, 2.24) is 20.5 Å². The molecule has 178 valence electrons. The van der Waals surface area contributed by atoms with Gasteiger partial charge in [0.2, 0.25) is 0 Å². The number of guanidine groups is 1. The third-order valence-corrected chi connectivity index (χ3v) is 6.61. The van der Waals surface area contributed by atoms with Crippen molar-refractivity contribution in [2.75, 3.05) is 39.8 Å². The lowest BCUT2D eigenvalue weighted by Crippen LogP contribution is -2.43. The highest BCUT2D eigenvalue weighted by Gasteiger charge is 2.20. The second-order valence-corrected chi connectivity index (χ2v) is 9.30. The molecule has 0 bridgehead atoms. The van der Waals surface area contributed by atoms with Crippen molar-refractivity contribution >= 4 is 41.3 Å². The molecule has 6 nitrogen and oxygen atoms in total. The predicted molar refractivity (Wildman–Crippen MR) is 145 cm³/mol. The van der Waals surface area contributed by atoms with E-state index in [0.29, 0.717) is 5.92 Å². The molecule has 2 aromatic rings. The molecule has 32 heavy (non-hydrogen) atoms. The molecule has 3 rings (SSSR count). The fraction of sp³-hybridized carbons (Fsp3) is 0.583. The highest BCUT2D eigenvalue weighted by molar-refractivity contribution is 14.0. The lowest BCUT2D eigenvalue weighted by Gasteiger charge is -2.31. The van der Waals surface area contributed by atoms with Crippen molar-refractivity contribution in [1.29, 1.82) is 0 Å². The number of hydrogen-bond donors (Lipinski definition) is 2. The molecule has 1 atom stereocenters. The van der Waals surface area contributed by atoms with Gasteiger partial charge in [-0.2, -0.15) is 0 Å². The minimum atomic E-state index is 0. The molecule has 1 unspecified atom stereocenters. The monoisotopic (exact) mass is 571 g/mol. The molecule has 0 spiro atoms. The van der Waals surface area contributed by atoms with Gasteiger partial charge in [0.05, 0.1) is 16.8 Å². The van der Waals surface area contributed by atoms with Crippen molar-refractivity contribution in [2.24, 2.45) is 10.9 Å². The molecule has 2 heterocycles. The van der Waals surface area contributed by atoms with Gasteiger partial charge in [-0.05, 0) is 57.7 Å². The first-order chi connectivity index (χ1) is 15.1. The fourth-order valence-electron chi connectivity index (χ4n) is 3.88. The number of thiazole rings is 1. The number of hydrogen-bond acceptors (Lipinski definition) is 5. The Morgan fingerprint density at radius 3 is 2.66 bits per heavy atom. The Morgan fingerprint density at radius 2 is 2.00 bits per heavy atom. The molecular formula is C24H38IN5OS. The van der Waals surface area contributed by atoms with Crippen LogP contribution in [0.1, 0.15) is 48.6 Å². The summed E-state index contributed by atoms with van der Waals surface area (Å²) in [5.41, 5.74) is 2.44. The van der Waals surface area contributed by atoms with Crippen LogP contribution in [0.15, 0.2) is 40.7 Å². The van der Waals surface area contributed by atoms with Gasteiger partial charge in [0.1, 0.15) is 0 Å². The Labute approximate surface area is 214 Å². The quantitative estimate of drug-likeness (QED) is 0.189. The van der Waals surface area contributed by atoms with E-state index in [1.165, 1.54) is 24.1 Å². The zero-order valence-electron chi connectivity index (χ0n) is 19.5. The lowest BCUT2D eigenvalue weighted by molar-refractivity contribution is 0.0646. The van der Waals surface area contributed by atoms with Crippen molar-refractivity contribution in [3.05, 3.63) is 52.0 Å². The number of aromatic nitrogens is 1. The van der Waals surface area contributed by atoms with Crippen LogP contribution in [0.5, 0.6) is 0 Å². The Kier molecular flexibility index (Phi) is 12.5. The molecule has 2 N–H and O–H groups in total. The van der Waals surface area contributed by atoms with Gasteiger partial charge in [-0.1, -0.05) is 30.3 Å². The molecular weight excluding hydrogens is 533 g/mol. The Hall–Kier alpha value is -1.23. The number of aryl methyl sites for hydroxylation is 1. The van der Waals surface area contributed by atoms with E-state index in [1.807, 2.05) is 13.1 Å². The SMILES string of the molecule is CN=C(NCCCOC(C)c1ccccc1)NCC1CCN(Cc2csc(C)n2)CC1.I. The highest BCUT2D eigenvalue weighted by atomic mass is 127. The molecule has 1 saturated heterocycles. The Balaban J connectivity index is 0.00000363. The summed E-state index contributed by atoms with van der Waals surface area (Å²) in [4.78, 5) is 11.5. The molecule has 1 aliphatic rings. The molecule has 0 amide bonds. The van der Waals surface area contributed by atoms with E-state index in [1.54, 1.807) is 11.3 Å². The van der Waals surface area contributed by atoms with Crippen LogP contribution in [0.3, 0.4) is 0 Å². The first kappa shape index (κ1) is 27.0. The number of rotatable bonds is 10. The number of piperidine rings is 1. The van der Waals surface area contributed by atoms with Crippen molar-refractivity contribution in [2.45, 2.75) is 45.8 Å². The molecule has 0 aliphatic carbocycles. The third-order valence-electron chi connectivity index (χ3n) is 5.79. The van der Waals surface area contributed by atoms with E-state index in [9.17, 15) is 0 Å². The number of ether oxygens (including phenoxy) is 1. The van der Waals surface area contributed by atoms with Crippen LogP contribution in [-0.4, -0.2) is 55.7 Å². The van der Waals surface area contributed by atoms with E-state index >= 15 is 0 Å². The van der Waals surface area contributed by atoms with Gasteiger partial charge >= 0.3 is 0 Å². The van der Waals surface area contributed by atoms with E-state index in [2.05, 4.69) is 69.0 Å². The number of halogens is 1. The first-order valence-electron chi connectivity index (χ1n) is 11.4. The van der Waals surface area contributed by atoms with Crippen molar-refractivity contribution < 1.29 is 4.74 Å². The van der Waals surface area contributed by atoms with Gasteiger partial charge in [-0.3, -0.25) is 9.89 Å². The topological polar surface area (TPSA) is 61.8 Å². The average Bonchev–Trinajstić information content (AvgIpc) is 3.21. The van der Waals surface area contributed by atoms with Crippen LogP contribution in [0, 0.1) is 12.8 Å². The smallest absolute Gasteiger partial charge is 0.190 e. The number of likely N-dealkylation sites (tertiary alicyclic amines) is 1. The molecule has 1 aromatic heterocycles. The van der Waals surface area contributed by atoms with E-state index in [4.69, 9.17) is 4.74 Å². The molecule has 1 fully saturated rings. The number of benzene rings is 1. The fourth-order valence-corrected chi connectivity index (χ4v) is 4.48. The van der Waals surface area contributed by atoms with Crippen LogP contribution in [0.2, 0.25) is 0 Å². The largest absolute Gasteiger partial charge is 0.374 e. The maximum Gasteiger partial charge on any atom is 0.190 e. The number of nitrogens with zero attached hydrogens (tertiary/aromatic N) is 3. The van der Waals surface area contributed by atoms with Gasteiger partial charge in [-0.25, -0.2) is 4.98 Å². The van der Waals surface area contributed by atoms with Crippen molar-refractivity contribution in [3.8, 4) is 0 Å². The van der Waals surface area contributed by atoms with E-state index in [0.717, 1.165) is 56.7 Å². The highest BCUT2D eigenvalue weighted by Crippen LogP contribution is 2.19. The average molecular weight is 572 g/mol. The summed E-state index contributed by atoms with van der Waals surface area (Å²) < 4.78 is 5.94. The van der Waals surface area contributed by atoms with Gasteiger partial charge in [0.15, 0.2) is 5.96 Å². The van der Waals surface area contributed by atoms with Gasteiger partial charge in [0.25, 0.3) is 0 Å². The standard InChI is InChI=1S/C24H37N5OS.HI/c1-19(22-8-5-4-6-9-22)30-15-7-12-26-24(25-3)27-16-21-10-13-29(14-11-21)17-23-18-31-20(2)28-23;/h4-6,8-9,18-19,21H,7,10-17H2,1-3H3,(H2,25,26,27);1H. The Morgan fingerprint density at radius 1 is 1.25 bits per heavy atom. The summed E-state index contributed by atoms with van der Waals surface area (Å²) in [5.74, 6) is 1.58. The van der Waals surface area contributed by atoms with Gasteiger partial charge in [0, 0.05) is 38.7 Å². The lowest BCUT2D eigenvalue weighted by atomic mass is 9.97. The minimum absolute atomic E-state index is 0. The molecule has 0 radical (unpaired) electrons. The summed E-state index contributed by atoms with van der Waals surface area (Å²) in [6.07, 6.45) is 3.52. The summed E-state index contributed by atoms with van der Waals surface area (Å²) in [5, 5.41) is 10.3. The van der Waals surface area contributed by atoms with Gasteiger partial charge in [-0.15, -0.1) is 35.3 Å². The molecule has 1 aromatic carbocycles. The summed E-state index contributed by atoms with van der Waals surface area (Å²) in [6, 6.07) is 10.4. The van der Waals surface area contributed by atoms with E-state index in [-0.39, 0.29) is 30.1 Å². The maximum atomic E-state index is 5.94. The van der Waals surface area contributed by atoms with Crippen LogP contribution >= 0.6 is 35.3 Å². The predicted octanol–water partition coefficient (Wildman–Crippen LogP) is 4.61. The molecule has 8 heteroatoms. The van der Waals surface area contributed by atoms with Crippen LogP contribution < -0.4 is 10.6 Å².